The van der Waals surface area contributed by atoms with Crippen molar-refractivity contribution < 1.29 is 23.8 Å². The van der Waals surface area contributed by atoms with Crippen LogP contribution >= 0.6 is 0 Å². The van der Waals surface area contributed by atoms with E-state index in [-0.39, 0.29) is 13.2 Å². The molecule has 0 aliphatic heterocycles. The fourth-order valence-electron chi connectivity index (χ4n) is 2.17. The van der Waals surface area contributed by atoms with Crippen LogP contribution in [0.5, 0.6) is 5.75 Å². The number of benzene rings is 2. The lowest BCUT2D eigenvalue weighted by Crippen LogP contribution is -2.12. The van der Waals surface area contributed by atoms with Crippen LogP contribution in [-0.4, -0.2) is 25.3 Å². The second-order valence-corrected chi connectivity index (χ2v) is 5.49. The molecule has 0 fully saturated rings. The SMILES string of the molecule is C=CC(=O)OCCCCOC(=O)Oc1ccc(-c2ccc(C#N)cc2)cc1. The largest absolute Gasteiger partial charge is 0.513 e. The number of hydrogen-bond acceptors (Lipinski definition) is 6. The molecule has 0 aromatic heterocycles. The van der Waals surface area contributed by atoms with E-state index >= 15 is 0 Å². The summed E-state index contributed by atoms with van der Waals surface area (Å²) in [5, 5.41) is 8.82. The molecule has 2 aromatic carbocycles. The number of esters is 1. The Kier molecular flexibility index (Phi) is 7.61. The lowest BCUT2D eigenvalue weighted by Gasteiger charge is -2.07. The Morgan fingerprint density at radius 3 is 2.04 bits per heavy atom. The molecule has 0 radical (unpaired) electrons. The number of unbranched alkanes of at least 4 members (excludes halogenated alkanes) is 1. The van der Waals surface area contributed by atoms with Crippen molar-refractivity contribution in [2.75, 3.05) is 13.2 Å². The van der Waals surface area contributed by atoms with Crippen molar-refractivity contribution in [3.63, 3.8) is 0 Å². The third-order valence-electron chi connectivity index (χ3n) is 3.57. The van der Waals surface area contributed by atoms with E-state index in [9.17, 15) is 9.59 Å². The van der Waals surface area contributed by atoms with Crippen LogP contribution in [-0.2, 0) is 14.3 Å². The van der Waals surface area contributed by atoms with E-state index in [2.05, 4.69) is 12.6 Å². The van der Waals surface area contributed by atoms with Crippen LogP contribution < -0.4 is 4.74 Å². The quantitative estimate of drug-likeness (QED) is 0.301. The highest BCUT2D eigenvalue weighted by Crippen LogP contribution is 2.23. The normalized spacial score (nSPS) is 9.74. The smallest absolute Gasteiger partial charge is 0.463 e. The summed E-state index contributed by atoms with van der Waals surface area (Å²) in [5.41, 5.74) is 2.50. The van der Waals surface area contributed by atoms with Crippen molar-refractivity contribution in [2.45, 2.75) is 12.8 Å². The van der Waals surface area contributed by atoms with E-state index in [1.165, 1.54) is 0 Å². The number of carbonyl (C=O) groups excluding carboxylic acids is 2. The van der Waals surface area contributed by atoms with Gasteiger partial charge in [0.25, 0.3) is 0 Å². The molecule has 2 aromatic rings. The third kappa shape index (κ3) is 6.67. The molecule has 138 valence electrons. The van der Waals surface area contributed by atoms with Gasteiger partial charge < -0.3 is 14.2 Å². The molecule has 0 atom stereocenters. The van der Waals surface area contributed by atoms with Crippen LogP contribution in [0.3, 0.4) is 0 Å². The number of carbonyl (C=O) groups is 2. The first kappa shape index (κ1) is 19.7. The van der Waals surface area contributed by atoms with Crippen molar-refractivity contribution in [3.8, 4) is 22.9 Å². The topological polar surface area (TPSA) is 85.6 Å². The molecule has 0 aliphatic carbocycles. The number of rotatable bonds is 8. The van der Waals surface area contributed by atoms with Crippen LogP contribution in [0.2, 0.25) is 0 Å². The highest BCUT2D eigenvalue weighted by Gasteiger charge is 2.07. The Labute approximate surface area is 157 Å². The van der Waals surface area contributed by atoms with Crippen LogP contribution in [0.15, 0.2) is 61.2 Å². The molecule has 0 heterocycles. The molecule has 27 heavy (non-hydrogen) atoms. The molecular formula is C21H19NO5. The average molecular weight is 365 g/mol. The first-order valence-corrected chi connectivity index (χ1v) is 8.37. The monoisotopic (exact) mass is 365 g/mol. The van der Waals surface area contributed by atoms with Gasteiger partial charge in [-0.1, -0.05) is 30.8 Å². The fraction of sp³-hybridized carbons (Fsp3) is 0.190. The molecule has 0 amide bonds. The zero-order valence-electron chi connectivity index (χ0n) is 14.7. The maximum absolute atomic E-state index is 11.7. The van der Waals surface area contributed by atoms with Gasteiger partial charge in [0.05, 0.1) is 24.8 Å². The van der Waals surface area contributed by atoms with Crippen LogP contribution in [0.1, 0.15) is 18.4 Å². The summed E-state index contributed by atoms with van der Waals surface area (Å²) < 4.78 is 14.9. The summed E-state index contributed by atoms with van der Waals surface area (Å²) in [6, 6.07) is 16.3. The van der Waals surface area contributed by atoms with E-state index in [0.717, 1.165) is 17.2 Å². The molecule has 0 spiro atoms. The molecule has 0 unspecified atom stereocenters. The highest BCUT2D eigenvalue weighted by molar-refractivity contribution is 5.81. The van der Waals surface area contributed by atoms with E-state index in [1.54, 1.807) is 24.3 Å². The molecule has 0 N–H and O–H groups in total. The maximum Gasteiger partial charge on any atom is 0.513 e. The van der Waals surface area contributed by atoms with Gasteiger partial charge in [-0.15, -0.1) is 0 Å². The van der Waals surface area contributed by atoms with Crippen molar-refractivity contribution in [2.24, 2.45) is 0 Å². The van der Waals surface area contributed by atoms with Crippen molar-refractivity contribution in [3.05, 3.63) is 66.7 Å². The summed E-state index contributed by atoms with van der Waals surface area (Å²) in [6.45, 7) is 3.72. The summed E-state index contributed by atoms with van der Waals surface area (Å²) in [7, 11) is 0. The second kappa shape index (κ2) is 10.4. The van der Waals surface area contributed by atoms with E-state index < -0.39 is 12.1 Å². The lowest BCUT2D eigenvalue weighted by atomic mass is 10.0. The van der Waals surface area contributed by atoms with Gasteiger partial charge in [-0.3, -0.25) is 0 Å². The zero-order chi connectivity index (χ0) is 19.5. The number of ether oxygens (including phenoxy) is 3. The molecule has 0 bridgehead atoms. The van der Waals surface area contributed by atoms with Crippen molar-refractivity contribution >= 4 is 12.1 Å². The maximum atomic E-state index is 11.7. The Morgan fingerprint density at radius 1 is 0.926 bits per heavy atom. The first-order chi connectivity index (χ1) is 13.1. The molecule has 0 saturated heterocycles. The second-order valence-electron chi connectivity index (χ2n) is 5.49. The Balaban J connectivity index is 1.73. The van der Waals surface area contributed by atoms with Gasteiger partial charge in [0.1, 0.15) is 5.75 Å². The molecule has 0 saturated carbocycles. The van der Waals surface area contributed by atoms with Crippen molar-refractivity contribution in [1.29, 1.82) is 5.26 Å². The third-order valence-corrected chi connectivity index (χ3v) is 3.57. The van der Waals surface area contributed by atoms with E-state index in [4.69, 9.17) is 19.5 Å². The molecule has 0 aliphatic rings. The molecule has 6 heteroatoms. The van der Waals surface area contributed by atoms with Crippen LogP contribution in [0.25, 0.3) is 11.1 Å². The van der Waals surface area contributed by atoms with Crippen molar-refractivity contribution in [1.82, 2.24) is 0 Å². The summed E-state index contributed by atoms with van der Waals surface area (Å²) in [5.74, 6) is -0.0999. The van der Waals surface area contributed by atoms with E-state index in [1.807, 2.05) is 24.3 Å². The zero-order valence-corrected chi connectivity index (χ0v) is 14.7. The van der Waals surface area contributed by atoms with Gasteiger partial charge in [0, 0.05) is 6.08 Å². The number of hydrogen-bond donors (Lipinski definition) is 0. The van der Waals surface area contributed by atoms with Gasteiger partial charge in [-0.2, -0.15) is 5.26 Å². The minimum Gasteiger partial charge on any atom is -0.463 e. The fourth-order valence-corrected chi connectivity index (χ4v) is 2.17. The Morgan fingerprint density at radius 2 is 1.48 bits per heavy atom. The predicted molar refractivity (Wildman–Crippen MR) is 99.0 cm³/mol. The molecule has 6 nitrogen and oxygen atoms in total. The van der Waals surface area contributed by atoms with Crippen LogP contribution in [0, 0.1) is 11.3 Å². The molecular weight excluding hydrogens is 346 g/mol. The van der Waals surface area contributed by atoms with Crippen LogP contribution in [0.4, 0.5) is 4.79 Å². The number of nitrogens with zero attached hydrogens (tertiary/aromatic N) is 1. The summed E-state index contributed by atoms with van der Waals surface area (Å²) in [4.78, 5) is 22.5. The Hall–Kier alpha value is -3.59. The first-order valence-electron chi connectivity index (χ1n) is 8.37. The average Bonchev–Trinajstić information content (AvgIpc) is 2.71. The highest BCUT2D eigenvalue weighted by atomic mass is 16.7. The number of nitriles is 1. The van der Waals surface area contributed by atoms with Gasteiger partial charge in [-0.05, 0) is 48.2 Å². The lowest BCUT2D eigenvalue weighted by molar-refractivity contribution is -0.137. The minimum atomic E-state index is -0.788. The standard InChI is InChI=1S/C21H19NO5/c1-2-20(23)25-13-3-4-14-26-21(24)27-19-11-9-18(10-12-19)17-7-5-16(15-22)6-8-17/h2,5-12H,1,3-4,13-14H2. The van der Waals surface area contributed by atoms with Gasteiger partial charge >= 0.3 is 12.1 Å². The van der Waals surface area contributed by atoms with Gasteiger partial charge in [0.15, 0.2) is 0 Å². The van der Waals surface area contributed by atoms with Gasteiger partial charge in [0.2, 0.25) is 0 Å². The summed E-state index contributed by atoms with van der Waals surface area (Å²) >= 11 is 0. The molecule has 2 rings (SSSR count). The van der Waals surface area contributed by atoms with Gasteiger partial charge in [-0.25, -0.2) is 9.59 Å². The minimum absolute atomic E-state index is 0.174. The van der Waals surface area contributed by atoms with E-state index in [0.29, 0.717) is 24.2 Å². The predicted octanol–water partition coefficient (Wildman–Crippen LogP) is 4.25. The Bertz CT molecular complexity index is 819. The summed E-state index contributed by atoms with van der Waals surface area (Å²) in [6.07, 6.45) is 1.44.